The van der Waals surface area contributed by atoms with Gasteiger partial charge in [-0.3, -0.25) is 19.3 Å². The van der Waals surface area contributed by atoms with Crippen LogP contribution in [0, 0.1) is 5.82 Å². The van der Waals surface area contributed by atoms with Crippen molar-refractivity contribution in [2.45, 2.75) is 6.61 Å². The molecule has 0 atom stereocenters. The topological polar surface area (TPSA) is 72.9 Å². The van der Waals surface area contributed by atoms with E-state index in [0.717, 1.165) is 16.7 Å². The number of hydrogen-bond donors (Lipinski definition) is 0. The first kappa shape index (κ1) is 21.1. The van der Waals surface area contributed by atoms with E-state index in [1.54, 1.807) is 42.5 Å². The molecule has 0 aliphatic carbocycles. The lowest BCUT2D eigenvalue weighted by Crippen LogP contribution is -2.34. The maximum Gasteiger partial charge on any atom is 0.325 e. The van der Waals surface area contributed by atoms with Gasteiger partial charge in [0.1, 0.15) is 24.7 Å². The molecular weight excluding hydrogens is 465 g/mol. The molecule has 1 heterocycles. The Hall–Kier alpha value is -2.65. The fraction of sp³-hybridized carbons (Fsp3) is 0.150. The Balaban J connectivity index is 1.71. The van der Waals surface area contributed by atoms with Gasteiger partial charge in [0.2, 0.25) is 0 Å². The number of carbonyl (C=O) groups is 3. The molecule has 0 spiro atoms. The van der Waals surface area contributed by atoms with Gasteiger partial charge >= 0.3 is 5.97 Å². The lowest BCUT2D eigenvalue weighted by molar-refractivity contribution is -0.143. The number of benzene rings is 2. The summed E-state index contributed by atoms with van der Waals surface area (Å²) in [5, 5.41) is -0.532. The second-order valence-electron chi connectivity index (χ2n) is 5.91. The van der Waals surface area contributed by atoms with Crippen molar-refractivity contribution in [1.82, 2.24) is 4.90 Å². The van der Waals surface area contributed by atoms with Crippen molar-refractivity contribution in [2.75, 3.05) is 13.7 Å². The Morgan fingerprint density at radius 2 is 2.00 bits per heavy atom. The minimum Gasteiger partial charge on any atom is -0.488 e. The minimum absolute atomic E-state index is 0.0665. The van der Waals surface area contributed by atoms with Crippen LogP contribution >= 0.6 is 27.7 Å². The smallest absolute Gasteiger partial charge is 0.325 e. The molecule has 2 amide bonds. The van der Waals surface area contributed by atoms with Crippen LogP contribution in [0.4, 0.5) is 9.18 Å². The summed E-state index contributed by atoms with van der Waals surface area (Å²) in [6.45, 7) is -0.359. The summed E-state index contributed by atoms with van der Waals surface area (Å²) in [4.78, 5) is 36.7. The quantitative estimate of drug-likeness (QED) is 0.452. The largest absolute Gasteiger partial charge is 0.488 e. The molecule has 0 aromatic heterocycles. The van der Waals surface area contributed by atoms with Crippen LogP contribution in [0.5, 0.6) is 5.75 Å². The maximum absolute atomic E-state index is 13.7. The van der Waals surface area contributed by atoms with E-state index in [4.69, 9.17) is 4.74 Å². The molecule has 1 aliphatic rings. The molecule has 1 aliphatic heterocycles. The van der Waals surface area contributed by atoms with E-state index in [2.05, 4.69) is 20.7 Å². The molecule has 150 valence electrons. The number of thioether (sulfide) groups is 1. The molecule has 2 aromatic carbocycles. The van der Waals surface area contributed by atoms with Crippen LogP contribution in [-0.4, -0.2) is 35.7 Å². The maximum atomic E-state index is 13.7. The van der Waals surface area contributed by atoms with E-state index >= 15 is 0 Å². The number of halogens is 2. The van der Waals surface area contributed by atoms with Gasteiger partial charge in [-0.05, 0) is 57.5 Å². The Bertz CT molecular complexity index is 1010. The van der Waals surface area contributed by atoms with Gasteiger partial charge in [-0.1, -0.05) is 24.3 Å². The van der Waals surface area contributed by atoms with Gasteiger partial charge in [-0.25, -0.2) is 4.39 Å². The van der Waals surface area contributed by atoms with E-state index in [-0.39, 0.29) is 17.3 Å². The second kappa shape index (κ2) is 9.23. The highest BCUT2D eigenvalue weighted by atomic mass is 79.9. The summed E-state index contributed by atoms with van der Waals surface area (Å²) in [5.74, 6) is -1.07. The third-order valence-electron chi connectivity index (χ3n) is 3.98. The average molecular weight is 480 g/mol. The van der Waals surface area contributed by atoms with Crippen LogP contribution in [0.15, 0.2) is 51.8 Å². The summed E-state index contributed by atoms with van der Waals surface area (Å²) in [7, 11) is 1.19. The number of rotatable bonds is 6. The number of hydrogen-bond acceptors (Lipinski definition) is 6. The highest BCUT2D eigenvalue weighted by Crippen LogP contribution is 2.34. The van der Waals surface area contributed by atoms with Crippen LogP contribution in [0.3, 0.4) is 0 Å². The Kier molecular flexibility index (Phi) is 6.71. The molecule has 9 heteroatoms. The van der Waals surface area contributed by atoms with Crippen molar-refractivity contribution in [2.24, 2.45) is 0 Å². The molecule has 2 aromatic rings. The monoisotopic (exact) mass is 479 g/mol. The molecule has 0 N–H and O–H groups in total. The molecule has 1 saturated heterocycles. The molecule has 1 fully saturated rings. The van der Waals surface area contributed by atoms with Crippen molar-refractivity contribution in [3.8, 4) is 5.75 Å². The van der Waals surface area contributed by atoms with Crippen LogP contribution in [-0.2, 0) is 20.9 Å². The van der Waals surface area contributed by atoms with Crippen LogP contribution in [0.2, 0.25) is 0 Å². The minimum atomic E-state index is -0.673. The van der Waals surface area contributed by atoms with Gasteiger partial charge in [0.05, 0.1) is 16.5 Å². The highest BCUT2D eigenvalue weighted by Gasteiger charge is 2.36. The fourth-order valence-corrected chi connectivity index (χ4v) is 3.83. The lowest BCUT2D eigenvalue weighted by atomic mass is 10.2. The molecular formula is C20H15BrFNO5S. The standard InChI is InChI=1S/C20H15BrFNO5S/c1-27-18(24)10-23-19(25)17(29-20(23)26)9-12-6-7-16(14(21)8-12)28-11-13-4-2-3-5-15(13)22/h2-9H,10-11H2,1H3. The van der Waals surface area contributed by atoms with Gasteiger partial charge in [0.25, 0.3) is 11.1 Å². The average Bonchev–Trinajstić information content (AvgIpc) is 2.95. The summed E-state index contributed by atoms with van der Waals surface area (Å²) >= 11 is 4.14. The zero-order chi connectivity index (χ0) is 21.0. The van der Waals surface area contributed by atoms with E-state index in [9.17, 15) is 18.8 Å². The number of methoxy groups -OCH3 is 1. The van der Waals surface area contributed by atoms with E-state index in [0.29, 0.717) is 21.3 Å². The molecule has 3 rings (SSSR count). The van der Waals surface area contributed by atoms with Gasteiger partial charge < -0.3 is 9.47 Å². The lowest BCUT2D eigenvalue weighted by Gasteiger charge is -2.10. The highest BCUT2D eigenvalue weighted by molar-refractivity contribution is 9.10. The third kappa shape index (κ3) is 5.04. The molecule has 0 unspecified atom stereocenters. The second-order valence-corrected chi connectivity index (χ2v) is 7.76. The van der Waals surface area contributed by atoms with Crippen molar-refractivity contribution < 1.29 is 28.2 Å². The zero-order valence-corrected chi connectivity index (χ0v) is 17.6. The van der Waals surface area contributed by atoms with Crippen molar-refractivity contribution in [1.29, 1.82) is 0 Å². The van der Waals surface area contributed by atoms with E-state index in [1.807, 2.05) is 0 Å². The van der Waals surface area contributed by atoms with Gasteiger partial charge in [0, 0.05) is 5.56 Å². The number of imide groups is 1. The van der Waals surface area contributed by atoms with Crippen molar-refractivity contribution >= 4 is 50.9 Å². The Morgan fingerprint density at radius 1 is 1.24 bits per heavy atom. The number of nitrogens with zero attached hydrogens (tertiary/aromatic N) is 1. The van der Waals surface area contributed by atoms with Crippen LogP contribution in [0.25, 0.3) is 6.08 Å². The number of amides is 2. The molecule has 0 radical (unpaired) electrons. The molecule has 0 saturated carbocycles. The summed E-state index contributed by atoms with van der Waals surface area (Å²) in [6, 6.07) is 11.4. The molecule has 29 heavy (non-hydrogen) atoms. The molecule has 6 nitrogen and oxygen atoms in total. The number of esters is 1. The SMILES string of the molecule is COC(=O)CN1C(=O)SC(=Cc2ccc(OCc3ccccc3F)c(Br)c2)C1=O. The summed E-state index contributed by atoms with van der Waals surface area (Å²) in [6.07, 6.45) is 1.55. The predicted octanol–water partition coefficient (Wildman–Crippen LogP) is 4.38. The predicted molar refractivity (Wildman–Crippen MR) is 110 cm³/mol. The first-order valence-corrected chi connectivity index (χ1v) is 9.98. The van der Waals surface area contributed by atoms with Gasteiger partial charge in [-0.2, -0.15) is 0 Å². The van der Waals surface area contributed by atoms with Crippen LogP contribution < -0.4 is 4.74 Å². The Morgan fingerprint density at radius 3 is 2.69 bits per heavy atom. The first-order chi connectivity index (χ1) is 13.9. The number of carbonyl (C=O) groups excluding carboxylic acids is 3. The fourth-order valence-electron chi connectivity index (χ4n) is 2.48. The van der Waals surface area contributed by atoms with E-state index in [1.165, 1.54) is 13.2 Å². The van der Waals surface area contributed by atoms with Crippen molar-refractivity contribution in [3.63, 3.8) is 0 Å². The summed E-state index contributed by atoms with van der Waals surface area (Å²) < 4.78 is 24.4. The van der Waals surface area contributed by atoms with Gasteiger partial charge in [0.15, 0.2) is 0 Å². The number of ether oxygens (including phenoxy) is 2. The Labute approximate surface area is 178 Å². The van der Waals surface area contributed by atoms with Gasteiger partial charge in [-0.15, -0.1) is 0 Å². The first-order valence-electron chi connectivity index (χ1n) is 8.37. The van der Waals surface area contributed by atoms with Crippen LogP contribution in [0.1, 0.15) is 11.1 Å². The third-order valence-corrected chi connectivity index (χ3v) is 5.51. The summed E-state index contributed by atoms with van der Waals surface area (Å²) in [5.41, 5.74) is 1.08. The van der Waals surface area contributed by atoms with Crippen molar-refractivity contribution in [3.05, 3.63) is 68.8 Å². The molecule has 0 bridgehead atoms. The zero-order valence-electron chi connectivity index (χ0n) is 15.2. The normalized spacial score (nSPS) is 15.1. The van der Waals surface area contributed by atoms with E-state index < -0.39 is 23.7 Å².